The number of ether oxygens (including phenoxy) is 6. The van der Waals surface area contributed by atoms with E-state index in [1.165, 1.54) is 0 Å². The molecule has 0 spiro atoms. The summed E-state index contributed by atoms with van der Waals surface area (Å²) in [5.74, 6) is -1.78. The lowest BCUT2D eigenvalue weighted by Gasteiger charge is -2.33. The van der Waals surface area contributed by atoms with Gasteiger partial charge in [-0.3, -0.25) is 0 Å². The van der Waals surface area contributed by atoms with Crippen LogP contribution in [0.1, 0.15) is 72.6 Å². The monoisotopic (exact) mass is 492 g/mol. The van der Waals surface area contributed by atoms with Gasteiger partial charge in [-0.05, 0) is 63.1 Å². The van der Waals surface area contributed by atoms with Crippen LogP contribution in [0.3, 0.4) is 0 Å². The molecule has 35 heavy (non-hydrogen) atoms. The molecule has 0 amide bonds. The SMILES string of the molecule is [2H]C1(C(=C)C)CCC(C)=CC1([2H])c1c(OCOCCOC)cc(CCCCC)cc1OCOCCOC. The molecule has 1 aromatic carbocycles. The zero-order chi connectivity index (χ0) is 27.3. The Balaban J connectivity index is 2.60. The molecule has 0 radical (unpaired) electrons. The smallest absolute Gasteiger partial charge is 0.189 e. The summed E-state index contributed by atoms with van der Waals surface area (Å²) in [4.78, 5) is 0. The van der Waals surface area contributed by atoms with Gasteiger partial charge in [0.2, 0.25) is 0 Å². The van der Waals surface area contributed by atoms with E-state index >= 15 is 0 Å². The van der Waals surface area contributed by atoms with Gasteiger partial charge in [0.05, 0.1) is 26.4 Å². The molecule has 0 fully saturated rings. The number of aryl methyl sites for hydroxylation is 1. The number of benzene rings is 1. The van der Waals surface area contributed by atoms with Gasteiger partial charge in [-0.2, -0.15) is 0 Å². The van der Waals surface area contributed by atoms with Gasteiger partial charge in [0.1, 0.15) is 11.5 Å². The van der Waals surface area contributed by atoms with Crippen LogP contribution in [0.15, 0.2) is 35.9 Å². The van der Waals surface area contributed by atoms with Gasteiger partial charge < -0.3 is 28.4 Å². The lowest BCUT2D eigenvalue weighted by atomic mass is 9.73. The molecule has 0 aliphatic heterocycles. The first-order valence-corrected chi connectivity index (χ1v) is 12.6. The summed E-state index contributed by atoms with van der Waals surface area (Å²) < 4.78 is 52.9. The molecule has 2 atom stereocenters. The number of hydrogen-bond acceptors (Lipinski definition) is 6. The van der Waals surface area contributed by atoms with Crippen LogP contribution >= 0.6 is 0 Å². The number of rotatable bonds is 18. The molecule has 198 valence electrons. The maximum absolute atomic E-state index is 9.78. The van der Waals surface area contributed by atoms with Crippen molar-refractivity contribution in [2.24, 2.45) is 5.89 Å². The molecule has 0 heterocycles. The first kappa shape index (κ1) is 26.2. The Morgan fingerprint density at radius 1 is 1.00 bits per heavy atom. The van der Waals surface area contributed by atoms with Crippen molar-refractivity contribution in [1.29, 1.82) is 0 Å². The summed E-state index contributed by atoms with van der Waals surface area (Å²) in [5.41, 5.74) is 3.22. The summed E-state index contributed by atoms with van der Waals surface area (Å²) in [6.07, 6.45) is 7.20. The maximum atomic E-state index is 9.78. The third kappa shape index (κ3) is 9.96. The average molecular weight is 493 g/mol. The van der Waals surface area contributed by atoms with Crippen molar-refractivity contribution in [3.8, 4) is 11.5 Å². The number of hydrogen-bond donors (Lipinski definition) is 0. The normalized spacial score (nSPS) is 22.8. The van der Waals surface area contributed by atoms with Crippen molar-refractivity contribution in [2.45, 2.75) is 65.2 Å². The fourth-order valence-electron chi connectivity index (χ4n) is 4.00. The third-order valence-electron chi connectivity index (χ3n) is 5.92. The standard InChI is InChI=1S/C29H46O6/c1-7-8-9-10-24-18-27(34-20-32-15-13-30-5)29(28(19-24)35-21-33-16-14-31-6)26-17-23(4)11-12-25(26)22(2)3/h17-19,25-26H,2,7-16,20-21H2,1,3-6H3/i25D,26D. The fraction of sp³-hybridized carbons (Fsp3) is 0.655. The van der Waals surface area contributed by atoms with E-state index in [4.69, 9.17) is 28.4 Å². The molecule has 0 saturated carbocycles. The molecule has 0 saturated heterocycles. The topological polar surface area (TPSA) is 55.4 Å². The number of unbranched alkanes of at least 4 members (excludes halogenated alkanes) is 2. The van der Waals surface area contributed by atoms with Gasteiger partial charge in [-0.15, -0.1) is 0 Å². The molecule has 1 aromatic rings. The lowest BCUT2D eigenvalue weighted by molar-refractivity contribution is -0.0128. The van der Waals surface area contributed by atoms with E-state index in [2.05, 4.69) is 13.5 Å². The van der Waals surface area contributed by atoms with Crippen molar-refractivity contribution >= 4 is 0 Å². The van der Waals surface area contributed by atoms with Crippen LogP contribution in [0, 0.1) is 5.89 Å². The third-order valence-corrected chi connectivity index (χ3v) is 5.92. The number of allylic oxidation sites excluding steroid dienone is 3. The fourth-order valence-corrected chi connectivity index (χ4v) is 4.00. The van der Waals surface area contributed by atoms with Crippen LogP contribution in [0.5, 0.6) is 11.5 Å². The van der Waals surface area contributed by atoms with Crippen LogP contribution < -0.4 is 9.47 Å². The van der Waals surface area contributed by atoms with Gasteiger partial charge >= 0.3 is 0 Å². The number of methoxy groups -OCH3 is 2. The van der Waals surface area contributed by atoms with Crippen LogP contribution in [0.4, 0.5) is 0 Å². The van der Waals surface area contributed by atoms with E-state index in [1.807, 2.05) is 32.1 Å². The average Bonchev–Trinajstić information content (AvgIpc) is 2.86. The van der Waals surface area contributed by atoms with Crippen LogP contribution in [-0.4, -0.2) is 54.2 Å². The van der Waals surface area contributed by atoms with Gasteiger partial charge in [0, 0.05) is 28.4 Å². The first-order valence-electron chi connectivity index (χ1n) is 13.6. The van der Waals surface area contributed by atoms with Gasteiger partial charge in [0.15, 0.2) is 13.6 Å². The zero-order valence-corrected chi connectivity index (χ0v) is 22.4. The molecular weight excluding hydrogens is 444 g/mol. The van der Waals surface area contributed by atoms with Crippen molar-refractivity contribution in [3.05, 3.63) is 47.1 Å². The largest absolute Gasteiger partial charge is 0.467 e. The minimum Gasteiger partial charge on any atom is -0.467 e. The summed E-state index contributed by atoms with van der Waals surface area (Å²) in [6.45, 7) is 11.8. The second kappa shape index (κ2) is 16.7. The zero-order valence-electron chi connectivity index (χ0n) is 24.4. The highest BCUT2D eigenvalue weighted by molar-refractivity contribution is 5.53. The summed E-state index contributed by atoms with van der Waals surface area (Å²) >= 11 is 0. The Morgan fingerprint density at radius 3 is 2.11 bits per heavy atom. The highest BCUT2D eigenvalue weighted by atomic mass is 16.7. The van der Waals surface area contributed by atoms with Crippen molar-refractivity contribution in [1.82, 2.24) is 0 Å². The molecule has 6 nitrogen and oxygen atoms in total. The molecule has 0 aromatic heterocycles. The molecule has 0 bridgehead atoms. The van der Waals surface area contributed by atoms with E-state index < -0.39 is 11.8 Å². The predicted molar refractivity (Wildman–Crippen MR) is 140 cm³/mol. The molecular formula is C29H46O6. The first-order chi connectivity index (χ1) is 17.7. The van der Waals surface area contributed by atoms with E-state index in [1.54, 1.807) is 14.2 Å². The van der Waals surface area contributed by atoms with Crippen molar-refractivity contribution < 1.29 is 31.2 Å². The van der Waals surface area contributed by atoms with E-state index in [0.29, 0.717) is 55.5 Å². The Labute approximate surface area is 215 Å². The minimum absolute atomic E-state index is 0.00456. The Bertz CT molecular complexity index is 854. The Morgan fingerprint density at radius 2 is 1.60 bits per heavy atom. The molecule has 2 rings (SSSR count). The molecule has 2 unspecified atom stereocenters. The summed E-state index contributed by atoms with van der Waals surface area (Å²) in [6, 6.07) is 3.94. The molecule has 6 heteroatoms. The van der Waals surface area contributed by atoms with Gasteiger partial charge in [-0.1, -0.05) is 43.6 Å². The predicted octanol–water partition coefficient (Wildman–Crippen LogP) is 6.43. The lowest BCUT2D eigenvalue weighted by Crippen LogP contribution is -2.20. The van der Waals surface area contributed by atoms with Crippen LogP contribution in [-0.2, 0) is 25.4 Å². The van der Waals surface area contributed by atoms with E-state index in [9.17, 15) is 2.74 Å². The highest BCUT2D eigenvalue weighted by Gasteiger charge is 2.31. The Kier molecular flexibility index (Phi) is 12.5. The van der Waals surface area contributed by atoms with E-state index in [-0.39, 0.29) is 13.6 Å². The molecule has 0 N–H and O–H groups in total. The highest BCUT2D eigenvalue weighted by Crippen LogP contribution is 2.47. The second-order valence-electron chi connectivity index (χ2n) is 8.91. The molecule has 1 aliphatic rings. The second-order valence-corrected chi connectivity index (χ2v) is 8.91. The van der Waals surface area contributed by atoms with Crippen LogP contribution in [0.25, 0.3) is 0 Å². The molecule has 1 aliphatic carbocycles. The van der Waals surface area contributed by atoms with Crippen LogP contribution in [0.2, 0.25) is 0 Å². The van der Waals surface area contributed by atoms with E-state index in [0.717, 1.165) is 43.2 Å². The van der Waals surface area contributed by atoms with Crippen molar-refractivity contribution in [2.75, 3.05) is 54.2 Å². The van der Waals surface area contributed by atoms with Gasteiger partial charge in [0.25, 0.3) is 0 Å². The van der Waals surface area contributed by atoms with Crippen molar-refractivity contribution in [3.63, 3.8) is 0 Å². The summed E-state index contributed by atoms with van der Waals surface area (Å²) in [5, 5.41) is 0. The Hall–Kier alpha value is -1.86. The maximum Gasteiger partial charge on any atom is 0.189 e. The minimum atomic E-state index is -1.48. The van der Waals surface area contributed by atoms with Gasteiger partial charge in [-0.25, -0.2) is 0 Å². The quantitative estimate of drug-likeness (QED) is 0.134. The summed E-state index contributed by atoms with van der Waals surface area (Å²) in [7, 11) is 3.24.